The molecule has 1 radical (unpaired) electrons. The van der Waals surface area contributed by atoms with Crippen LogP contribution in [0.25, 0.3) is 11.1 Å². The molecule has 0 saturated carbocycles. The third-order valence-electron chi connectivity index (χ3n) is 4.21. The monoisotopic (exact) mass is 385 g/mol. The summed E-state index contributed by atoms with van der Waals surface area (Å²) in [7, 11) is 0. The van der Waals surface area contributed by atoms with Crippen molar-refractivity contribution in [1.82, 2.24) is 0 Å². The molecule has 3 heteroatoms. The first-order chi connectivity index (χ1) is 13.8. The average molecular weight is 386 g/mol. The van der Waals surface area contributed by atoms with Crippen LogP contribution in [-0.4, -0.2) is 0 Å². The number of ether oxygens (including phenoxy) is 2. The van der Waals surface area contributed by atoms with E-state index in [9.17, 15) is 0 Å². The fourth-order valence-electron chi connectivity index (χ4n) is 2.83. The first-order valence-corrected chi connectivity index (χ1v) is 9.36. The minimum atomic E-state index is 0.451. The van der Waals surface area contributed by atoms with Crippen molar-refractivity contribution in [2.24, 2.45) is 0 Å². The number of hydrogen-bond donors (Lipinski definition) is 0. The predicted molar refractivity (Wildman–Crippen MR) is 113 cm³/mol. The van der Waals surface area contributed by atoms with Gasteiger partial charge in [-0.05, 0) is 59.2 Å². The van der Waals surface area contributed by atoms with Gasteiger partial charge in [-0.3, -0.25) is 0 Å². The van der Waals surface area contributed by atoms with Crippen LogP contribution in [0.2, 0.25) is 5.02 Å². The SMILES string of the molecule is Clc1cccc(COc2cccc(Oc3ccc(-c4[c]cccc4)cc3)c2)c1. The molecule has 0 atom stereocenters. The molecule has 4 rings (SSSR count). The maximum Gasteiger partial charge on any atom is 0.131 e. The van der Waals surface area contributed by atoms with Crippen molar-refractivity contribution in [3.8, 4) is 28.4 Å². The summed E-state index contributed by atoms with van der Waals surface area (Å²) in [6.45, 7) is 0.451. The Labute approximate surface area is 169 Å². The Kier molecular flexibility index (Phi) is 5.60. The van der Waals surface area contributed by atoms with Gasteiger partial charge in [-0.15, -0.1) is 0 Å². The lowest BCUT2D eigenvalue weighted by molar-refractivity contribution is 0.304. The lowest BCUT2D eigenvalue weighted by Gasteiger charge is -2.10. The van der Waals surface area contributed by atoms with Crippen molar-refractivity contribution in [3.63, 3.8) is 0 Å². The predicted octanol–water partition coefficient (Wildman–Crippen LogP) is 7.18. The Balaban J connectivity index is 1.42. The minimum Gasteiger partial charge on any atom is -0.489 e. The Bertz CT molecular complexity index is 1040. The highest BCUT2D eigenvalue weighted by Crippen LogP contribution is 2.28. The standard InChI is InChI=1S/C25H18ClO2/c26-22-9-4-6-19(16-22)18-27-24-10-5-11-25(17-24)28-23-14-12-21(13-15-23)20-7-2-1-3-8-20/h1-7,9-17H,18H2. The second-order valence-electron chi connectivity index (χ2n) is 6.30. The topological polar surface area (TPSA) is 18.5 Å². The molecule has 0 fully saturated rings. The van der Waals surface area contributed by atoms with E-state index in [0.29, 0.717) is 11.6 Å². The number of rotatable bonds is 6. The summed E-state index contributed by atoms with van der Waals surface area (Å²) in [5.41, 5.74) is 3.18. The molecule has 137 valence electrons. The average Bonchev–Trinajstić information content (AvgIpc) is 2.74. The van der Waals surface area contributed by atoms with Gasteiger partial charge in [-0.1, -0.05) is 66.2 Å². The summed E-state index contributed by atoms with van der Waals surface area (Å²) in [6, 6.07) is 34.4. The molecule has 4 aromatic carbocycles. The van der Waals surface area contributed by atoms with E-state index >= 15 is 0 Å². The third-order valence-corrected chi connectivity index (χ3v) is 4.45. The van der Waals surface area contributed by atoms with E-state index in [2.05, 4.69) is 6.07 Å². The van der Waals surface area contributed by atoms with Gasteiger partial charge in [0.25, 0.3) is 0 Å². The van der Waals surface area contributed by atoms with Crippen LogP contribution in [0.1, 0.15) is 5.56 Å². The van der Waals surface area contributed by atoms with Gasteiger partial charge in [0, 0.05) is 11.1 Å². The molecule has 2 nitrogen and oxygen atoms in total. The molecule has 0 aromatic heterocycles. The second kappa shape index (κ2) is 8.64. The van der Waals surface area contributed by atoms with Crippen LogP contribution >= 0.6 is 11.6 Å². The fraction of sp³-hybridized carbons (Fsp3) is 0.0400. The van der Waals surface area contributed by atoms with Crippen LogP contribution in [0.3, 0.4) is 0 Å². The number of hydrogen-bond acceptors (Lipinski definition) is 2. The maximum atomic E-state index is 6.01. The molecule has 0 unspecified atom stereocenters. The van der Waals surface area contributed by atoms with Gasteiger partial charge in [0.15, 0.2) is 0 Å². The summed E-state index contributed by atoms with van der Waals surface area (Å²) in [6.07, 6.45) is 0. The van der Waals surface area contributed by atoms with Crippen molar-refractivity contribution in [2.75, 3.05) is 0 Å². The van der Waals surface area contributed by atoms with Crippen LogP contribution < -0.4 is 9.47 Å². The smallest absolute Gasteiger partial charge is 0.131 e. The molecule has 28 heavy (non-hydrogen) atoms. The van der Waals surface area contributed by atoms with Crippen molar-refractivity contribution in [3.05, 3.63) is 114 Å². The van der Waals surface area contributed by atoms with E-state index < -0.39 is 0 Å². The Morgan fingerprint density at radius 2 is 1.54 bits per heavy atom. The molecular weight excluding hydrogens is 368 g/mol. The molecule has 4 aromatic rings. The molecule has 0 saturated heterocycles. The summed E-state index contributed by atoms with van der Waals surface area (Å²) < 4.78 is 11.8. The van der Waals surface area contributed by atoms with Gasteiger partial charge >= 0.3 is 0 Å². The van der Waals surface area contributed by atoms with Crippen LogP contribution in [0, 0.1) is 6.07 Å². The molecule has 0 aliphatic carbocycles. The third kappa shape index (κ3) is 4.73. The van der Waals surface area contributed by atoms with Crippen LogP contribution in [0.15, 0.2) is 97.1 Å². The highest BCUT2D eigenvalue weighted by molar-refractivity contribution is 6.30. The van der Waals surface area contributed by atoms with Crippen molar-refractivity contribution >= 4 is 11.6 Å². The summed E-state index contributed by atoms with van der Waals surface area (Å²) in [4.78, 5) is 0. The van der Waals surface area contributed by atoms with E-state index in [-0.39, 0.29) is 0 Å². The molecule has 0 bridgehead atoms. The Morgan fingerprint density at radius 3 is 2.32 bits per heavy atom. The normalized spacial score (nSPS) is 10.5. The molecule has 0 aliphatic heterocycles. The van der Waals surface area contributed by atoms with Gasteiger partial charge < -0.3 is 9.47 Å². The molecular formula is C25H18ClO2. The Morgan fingerprint density at radius 1 is 0.714 bits per heavy atom. The molecule has 0 aliphatic rings. The van der Waals surface area contributed by atoms with Crippen LogP contribution in [0.4, 0.5) is 0 Å². The van der Waals surface area contributed by atoms with Gasteiger partial charge in [0.05, 0.1) is 0 Å². The molecule has 0 spiro atoms. The zero-order chi connectivity index (χ0) is 19.2. The summed E-state index contributed by atoms with van der Waals surface area (Å²) in [5, 5.41) is 0.703. The van der Waals surface area contributed by atoms with Gasteiger partial charge in [0.2, 0.25) is 0 Å². The number of benzene rings is 4. The zero-order valence-electron chi connectivity index (χ0n) is 15.1. The molecule has 0 heterocycles. The van der Waals surface area contributed by atoms with Gasteiger partial charge in [-0.25, -0.2) is 0 Å². The lowest BCUT2D eigenvalue weighted by atomic mass is 10.1. The summed E-state index contributed by atoms with van der Waals surface area (Å²) in [5.74, 6) is 2.24. The minimum absolute atomic E-state index is 0.451. The molecule has 0 N–H and O–H groups in total. The van der Waals surface area contributed by atoms with E-state index in [1.807, 2.05) is 97.1 Å². The van der Waals surface area contributed by atoms with Crippen LogP contribution in [-0.2, 0) is 6.61 Å². The van der Waals surface area contributed by atoms with E-state index in [1.165, 1.54) is 0 Å². The first kappa shape index (κ1) is 18.1. The van der Waals surface area contributed by atoms with Crippen LogP contribution in [0.5, 0.6) is 17.2 Å². The van der Waals surface area contributed by atoms with E-state index in [0.717, 1.165) is 33.9 Å². The molecule has 0 amide bonds. The lowest BCUT2D eigenvalue weighted by Crippen LogP contribution is -1.95. The van der Waals surface area contributed by atoms with Crippen molar-refractivity contribution in [1.29, 1.82) is 0 Å². The fourth-order valence-corrected chi connectivity index (χ4v) is 3.05. The maximum absolute atomic E-state index is 6.01. The highest BCUT2D eigenvalue weighted by atomic mass is 35.5. The van der Waals surface area contributed by atoms with Crippen molar-refractivity contribution in [2.45, 2.75) is 6.61 Å². The second-order valence-corrected chi connectivity index (χ2v) is 6.73. The Hall–Kier alpha value is -3.23. The number of halogens is 1. The van der Waals surface area contributed by atoms with E-state index in [4.69, 9.17) is 21.1 Å². The first-order valence-electron chi connectivity index (χ1n) is 8.99. The van der Waals surface area contributed by atoms with Crippen molar-refractivity contribution < 1.29 is 9.47 Å². The van der Waals surface area contributed by atoms with Gasteiger partial charge in [-0.2, -0.15) is 0 Å². The zero-order valence-corrected chi connectivity index (χ0v) is 15.9. The summed E-state index contributed by atoms with van der Waals surface area (Å²) >= 11 is 6.01. The van der Waals surface area contributed by atoms with E-state index in [1.54, 1.807) is 0 Å². The van der Waals surface area contributed by atoms with Gasteiger partial charge in [0.1, 0.15) is 23.9 Å². The largest absolute Gasteiger partial charge is 0.489 e. The highest BCUT2D eigenvalue weighted by Gasteiger charge is 2.03. The quantitative estimate of drug-likeness (QED) is 0.350.